The zero-order chi connectivity index (χ0) is 11.9. The predicted octanol–water partition coefficient (Wildman–Crippen LogP) is 3.47. The van der Waals surface area contributed by atoms with E-state index in [4.69, 9.17) is 0 Å². The van der Waals surface area contributed by atoms with Crippen molar-refractivity contribution in [3.05, 3.63) is 43.0 Å². The second-order valence-electron chi connectivity index (χ2n) is 4.12. The molecule has 0 aliphatic rings. The van der Waals surface area contributed by atoms with Crippen LogP contribution < -0.4 is 5.32 Å². The molecule has 0 saturated carbocycles. The van der Waals surface area contributed by atoms with E-state index >= 15 is 0 Å². The molecule has 1 N–H and O–H groups in total. The molecule has 2 rings (SSSR count). The first kappa shape index (κ1) is 11.7. The number of nitrogens with one attached hydrogen (secondary N) is 1. The Kier molecular flexibility index (Phi) is 4.19. The summed E-state index contributed by atoms with van der Waals surface area (Å²) in [6.45, 7) is 3.25. The molecule has 2 aromatic rings. The van der Waals surface area contributed by atoms with E-state index < -0.39 is 0 Å². The third-order valence-electron chi connectivity index (χ3n) is 2.78. The maximum Gasteiger partial charge on any atom is 0.0992 e. The minimum absolute atomic E-state index is 1.03. The smallest absolute Gasteiger partial charge is 0.0992 e. The van der Waals surface area contributed by atoms with Crippen molar-refractivity contribution in [2.24, 2.45) is 0 Å². The first-order chi connectivity index (χ1) is 8.42. The van der Waals surface area contributed by atoms with Gasteiger partial charge in [-0.2, -0.15) is 0 Å². The lowest BCUT2D eigenvalue weighted by Gasteiger charge is -2.12. The lowest BCUT2D eigenvalue weighted by atomic mass is 10.2. The standard InChI is InChI=1S/C14H19N3/c1-2-3-6-9-16-13-7-4-5-8-14(13)17-11-10-15-12-17/h4-5,7-8,10-12,16H,2-3,6,9H2,1H3. The summed E-state index contributed by atoms with van der Waals surface area (Å²) >= 11 is 0. The van der Waals surface area contributed by atoms with E-state index in [9.17, 15) is 0 Å². The van der Waals surface area contributed by atoms with Crippen molar-refractivity contribution < 1.29 is 0 Å². The first-order valence-electron chi connectivity index (χ1n) is 6.23. The maximum absolute atomic E-state index is 4.08. The van der Waals surface area contributed by atoms with E-state index in [1.807, 2.05) is 23.2 Å². The molecular weight excluding hydrogens is 210 g/mol. The van der Waals surface area contributed by atoms with Gasteiger partial charge < -0.3 is 9.88 Å². The van der Waals surface area contributed by atoms with Gasteiger partial charge in [0.05, 0.1) is 17.7 Å². The van der Waals surface area contributed by atoms with E-state index in [0.29, 0.717) is 0 Å². The van der Waals surface area contributed by atoms with Crippen LogP contribution in [0.15, 0.2) is 43.0 Å². The fourth-order valence-electron chi connectivity index (χ4n) is 1.85. The minimum Gasteiger partial charge on any atom is -0.383 e. The number of nitrogens with zero attached hydrogens (tertiary/aromatic N) is 2. The van der Waals surface area contributed by atoms with Crippen LogP contribution in [0.5, 0.6) is 0 Å². The third kappa shape index (κ3) is 3.09. The van der Waals surface area contributed by atoms with Gasteiger partial charge in [0.2, 0.25) is 0 Å². The number of hydrogen-bond donors (Lipinski definition) is 1. The highest BCUT2D eigenvalue weighted by Crippen LogP contribution is 2.19. The monoisotopic (exact) mass is 229 g/mol. The van der Waals surface area contributed by atoms with Gasteiger partial charge in [0.1, 0.15) is 0 Å². The second kappa shape index (κ2) is 6.09. The van der Waals surface area contributed by atoms with Gasteiger partial charge in [-0.1, -0.05) is 31.9 Å². The zero-order valence-corrected chi connectivity index (χ0v) is 10.3. The molecule has 0 unspecified atom stereocenters. The van der Waals surface area contributed by atoms with Crippen molar-refractivity contribution in [3.8, 4) is 5.69 Å². The summed E-state index contributed by atoms with van der Waals surface area (Å²) in [5.74, 6) is 0. The number of para-hydroxylation sites is 2. The van der Waals surface area contributed by atoms with Gasteiger partial charge in [-0.3, -0.25) is 0 Å². The Morgan fingerprint density at radius 1 is 1.24 bits per heavy atom. The van der Waals surface area contributed by atoms with Crippen LogP contribution in [0.4, 0.5) is 5.69 Å². The Hall–Kier alpha value is -1.77. The molecule has 3 heteroatoms. The van der Waals surface area contributed by atoms with Crippen LogP contribution in [0.25, 0.3) is 5.69 Å². The number of unbranched alkanes of at least 4 members (excludes halogenated alkanes) is 2. The van der Waals surface area contributed by atoms with Crippen molar-refractivity contribution in [1.82, 2.24) is 9.55 Å². The van der Waals surface area contributed by atoms with Crippen LogP contribution in [0.2, 0.25) is 0 Å². The Bertz CT molecular complexity index is 434. The molecule has 0 spiro atoms. The lowest BCUT2D eigenvalue weighted by Crippen LogP contribution is -2.04. The molecule has 1 aromatic heterocycles. The average Bonchev–Trinajstić information content (AvgIpc) is 2.89. The van der Waals surface area contributed by atoms with Gasteiger partial charge in [-0.15, -0.1) is 0 Å². The molecule has 0 amide bonds. The minimum atomic E-state index is 1.03. The Morgan fingerprint density at radius 2 is 2.12 bits per heavy atom. The van der Waals surface area contributed by atoms with Gasteiger partial charge in [0.15, 0.2) is 0 Å². The molecule has 0 atom stereocenters. The topological polar surface area (TPSA) is 29.9 Å². The van der Waals surface area contributed by atoms with Gasteiger partial charge in [-0.05, 0) is 18.6 Å². The number of hydrogen-bond acceptors (Lipinski definition) is 2. The van der Waals surface area contributed by atoms with Crippen molar-refractivity contribution >= 4 is 5.69 Å². The Morgan fingerprint density at radius 3 is 2.88 bits per heavy atom. The molecule has 17 heavy (non-hydrogen) atoms. The van der Waals surface area contributed by atoms with Crippen LogP contribution in [-0.2, 0) is 0 Å². The molecule has 0 fully saturated rings. The van der Waals surface area contributed by atoms with Crippen LogP contribution in [0.3, 0.4) is 0 Å². The molecule has 0 radical (unpaired) electrons. The van der Waals surface area contributed by atoms with E-state index in [2.05, 4.69) is 35.4 Å². The number of benzene rings is 1. The number of imidazole rings is 1. The molecule has 0 aliphatic heterocycles. The highest BCUT2D eigenvalue weighted by Gasteiger charge is 2.01. The Balaban J connectivity index is 2.06. The summed E-state index contributed by atoms with van der Waals surface area (Å²) in [5, 5.41) is 3.49. The number of rotatable bonds is 6. The molecule has 1 heterocycles. The van der Waals surface area contributed by atoms with Crippen molar-refractivity contribution in [1.29, 1.82) is 0 Å². The van der Waals surface area contributed by atoms with E-state index in [1.165, 1.54) is 24.9 Å². The SMILES string of the molecule is CCCCCNc1ccccc1-n1ccnc1. The lowest BCUT2D eigenvalue weighted by molar-refractivity contribution is 0.743. The van der Waals surface area contributed by atoms with Crippen molar-refractivity contribution in [2.45, 2.75) is 26.2 Å². The van der Waals surface area contributed by atoms with Crippen LogP contribution >= 0.6 is 0 Å². The van der Waals surface area contributed by atoms with Gasteiger partial charge in [0, 0.05) is 18.9 Å². The molecular formula is C14H19N3. The van der Waals surface area contributed by atoms with Gasteiger partial charge in [0.25, 0.3) is 0 Å². The third-order valence-corrected chi connectivity index (χ3v) is 2.78. The maximum atomic E-state index is 4.08. The highest BCUT2D eigenvalue weighted by molar-refractivity contribution is 5.60. The normalized spacial score (nSPS) is 10.4. The molecule has 0 aliphatic carbocycles. The average molecular weight is 229 g/mol. The summed E-state index contributed by atoms with van der Waals surface area (Å²) < 4.78 is 2.03. The highest BCUT2D eigenvalue weighted by atomic mass is 15.0. The molecule has 0 bridgehead atoms. The summed E-state index contributed by atoms with van der Waals surface area (Å²) in [5.41, 5.74) is 2.32. The van der Waals surface area contributed by atoms with Crippen LogP contribution in [0.1, 0.15) is 26.2 Å². The largest absolute Gasteiger partial charge is 0.383 e. The van der Waals surface area contributed by atoms with Crippen molar-refractivity contribution in [2.75, 3.05) is 11.9 Å². The molecule has 3 nitrogen and oxygen atoms in total. The fraction of sp³-hybridized carbons (Fsp3) is 0.357. The van der Waals surface area contributed by atoms with Gasteiger partial charge >= 0.3 is 0 Å². The van der Waals surface area contributed by atoms with E-state index in [0.717, 1.165) is 12.2 Å². The van der Waals surface area contributed by atoms with Crippen LogP contribution in [0, 0.1) is 0 Å². The van der Waals surface area contributed by atoms with E-state index in [-0.39, 0.29) is 0 Å². The second-order valence-corrected chi connectivity index (χ2v) is 4.12. The predicted molar refractivity (Wildman–Crippen MR) is 71.6 cm³/mol. The number of aromatic nitrogens is 2. The van der Waals surface area contributed by atoms with Crippen LogP contribution in [-0.4, -0.2) is 16.1 Å². The summed E-state index contributed by atoms with van der Waals surface area (Å²) in [4.78, 5) is 4.08. The fourth-order valence-corrected chi connectivity index (χ4v) is 1.85. The first-order valence-corrected chi connectivity index (χ1v) is 6.23. The molecule has 1 aromatic carbocycles. The number of anilines is 1. The van der Waals surface area contributed by atoms with Crippen molar-refractivity contribution in [3.63, 3.8) is 0 Å². The molecule has 90 valence electrons. The summed E-state index contributed by atoms with van der Waals surface area (Å²) in [7, 11) is 0. The zero-order valence-electron chi connectivity index (χ0n) is 10.3. The molecule has 0 saturated heterocycles. The summed E-state index contributed by atoms with van der Waals surface area (Å²) in [6, 6.07) is 8.32. The van der Waals surface area contributed by atoms with Gasteiger partial charge in [-0.25, -0.2) is 4.98 Å². The Labute approximate surface area is 103 Å². The quantitative estimate of drug-likeness (QED) is 0.769. The summed E-state index contributed by atoms with van der Waals surface area (Å²) in [6.07, 6.45) is 9.34. The van der Waals surface area contributed by atoms with E-state index in [1.54, 1.807) is 6.20 Å².